The Bertz CT molecular complexity index is 709. The maximum absolute atomic E-state index is 11.7. The minimum Gasteiger partial charge on any atom is -0.508 e. The fraction of sp³-hybridized carbons (Fsp3) is 0.0667. The highest BCUT2D eigenvalue weighted by Gasteiger charge is 2.05. The molecule has 0 spiro atoms. The zero-order valence-corrected chi connectivity index (χ0v) is 14.4. The van der Waals surface area contributed by atoms with Gasteiger partial charge in [0.05, 0.1) is 21.6 Å². The molecule has 0 aliphatic carbocycles. The van der Waals surface area contributed by atoms with Crippen LogP contribution in [0.5, 0.6) is 11.5 Å². The van der Waals surface area contributed by atoms with E-state index in [0.29, 0.717) is 20.1 Å². The first kappa shape index (κ1) is 16.5. The molecule has 2 aromatic carbocycles. The van der Waals surface area contributed by atoms with E-state index in [0.717, 1.165) is 0 Å². The minimum absolute atomic E-state index is 0.102. The van der Waals surface area contributed by atoms with Crippen LogP contribution in [0, 0.1) is 0 Å². The zero-order valence-electron chi connectivity index (χ0n) is 11.3. The lowest BCUT2D eigenvalue weighted by atomic mass is 10.1. The number of amides is 1. The average molecular weight is 428 g/mol. The molecule has 0 fully saturated rings. The Balaban J connectivity index is 1.96. The Kier molecular flexibility index (Phi) is 5.57. The van der Waals surface area contributed by atoms with E-state index in [1.807, 2.05) is 0 Å². The molecular formula is C15H12Br2N2O3. The van der Waals surface area contributed by atoms with Crippen LogP contribution in [0.25, 0.3) is 0 Å². The van der Waals surface area contributed by atoms with Crippen molar-refractivity contribution < 1.29 is 15.0 Å². The summed E-state index contributed by atoms with van der Waals surface area (Å²) in [6, 6.07) is 9.83. The van der Waals surface area contributed by atoms with Crippen LogP contribution in [-0.4, -0.2) is 22.3 Å². The van der Waals surface area contributed by atoms with Crippen molar-refractivity contribution in [1.82, 2.24) is 5.43 Å². The minimum atomic E-state index is -0.293. The molecule has 2 aromatic rings. The molecule has 7 heteroatoms. The van der Waals surface area contributed by atoms with Crippen molar-refractivity contribution in [3.63, 3.8) is 0 Å². The Morgan fingerprint density at radius 3 is 2.50 bits per heavy atom. The quantitative estimate of drug-likeness (QED) is 0.517. The number of phenolic OH excluding ortho intramolecular Hbond substituents is 2. The van der Waals surface area contributed by atoms with E-state index in [-0.39, 0.29) is 23.8 Å². The summed E-state index contributed by atoms with van der Waals surface area (Å²) in [5.74, 6) is -0.0728. The van der Waals surface area contributed by atoms with Gasteiger partial charge in [0.25, 0.3) is 0 Å². The number of aromatic hydroxyl groups is 2. The van der Waals surface area contributed by atoms with Gasteiger partial charge in [-0.1, -0.05) is 12.1 Å². The molecule has 0 aliphatic heterocycles. The Morgan fingerprint density at radius 1 is 1.18 bits per heavy atom. The highest BCUT2D eigenvalue weighted by atomic mass is 79.9. The molecule has 0 radical (unpaired) electrons. The summed E-state index contributed by atoms with van der Waals surface area (Å²) in [6.07, 6.45) is 1.59. The SMILES string of the molecule is O=C(Cc1cccc(O)c1)N/N=C/c1cc(Br)c(O)c(Br)c1. The van der Waals surface area contributed by atoms with E-state index in [1.165, 1.54) is 12.3 Å². The molecule has 0 aromatic heterocycles. The molecule has 0 saturated heterocycles. The first-order valence-corrected chi connectivity index (χ1v) is 7.82. The first-order chi connectivity index (χ1) is 10.5. The molecule has 0 bridgehead atoms. The van der Waals surface area contributed by atoms with Crippen molar-refractivity contribution in [2.24, 2.45) is 5.10 Å². The number of carbonyl (C=O) groups is 1. The lowest BCUT2D eigenvalue weighted by Gasteiger charge is -2.03. The Hall–Kier alpha value is -1.86. The summed E-state index contributed by atoms with van der Waals surface area (Å²) in [6.45, 7) is 0. The van der Waals surface area contributed by atoms with Crippen LogP contribution in [0.1, 0.15) is 11.1 Å². The van der Waals surface area contributed by atoms with E-state index >= 15 is 0 Å². The van der Waals surface area contributed by atoms with Gasteiger partial charge in [0.2, 0.25) is 5.91 Å². The smallest absolute Gasteiger partial charge is 0.244 e. The number of benzene rings is 2. The molecule has 2 rings (SSSR count). The van der Waals surface area contributed by atoms with Crippen LogP contribution >= 0.6 is 31.9 Å². The van der Waals surface area contributed by atoms with E-state index in [1.54, 1.807) is 30.3 Å². The van der Waals surface area contributed by atoms with Crippen molar-refractivity contribution in [1.29, 1.82) is 0 Å². The van der Waals surface area contributed by atoms with Gasteiger partial charge in [0.1, 0.15) is 11.5 Å². The zero-order chi connectivity index (χ0) is 16.1. The summed E-state index contributed by atoms with van der Waals surface area (Å²) in [4.78, 5) is 11.7. The number of carbonyl (C=O) groups excluding carboxylic acids is 1. The van der Waals surface area contributed by atoms with E-state index in [2.05, 4.69) is 42.4 Å². The molecule has 0 atom stereocenters. The highest BCUT2D eigenvalue weighted by Crippen LogP contribution is 2.32. The maximum atomic E-state index is 11.7. The van der Waals surface area contributed by atoms with Crippen molar-refractivity contribution in [3.05, 3.63) is 56.5 Å². The fourth-order valence-electron chi connectivity index (χ4n) is 1.73. The summed E-state index contributed by atoms with van der Waals surface area (Å²) < 4.78 is 1.05. The normalized spacial score (nSPS) is 10.8. The van der Waals surface area contributed by atoms with Crippen LogP contribution in [0.15, 0.2) is 50.4 Å². The van der Waals surface area contributed by atoms with Crippen LogP contribution in [0.4, 0.5) is 0 Å². The summed E-state index contributed by atoms with van der Waals surface area (Å²) >= 11 is 6.43. The van der Waals surface area contributed by atoms with Crippen LogP contribution in [-0.2, 0) is 11.2 Å². The number of nitrogens with one attached hydrogen (secondary N) is 1. The van der Waals surface area contributed by atoms with Gasteiger partial charge < -0.3 is 10.2 Å². The number of nitrogens with zero attached hydrogens (tertiary/aromatic N) is 1. The second-order valence-corrected chi connectivity index (χ2v) is 6.18. The molecule has 0 heterocycles. The fourth-order valence-corrected chi connectivity index (χ4v) is 2.95. The topological polar surface area (TPSA) is 81.9 Å². The third kappa shape index (κ3) is 4.57. The second-order valence-electron chi connectivity index (χ2n) is 4.47. The van der Waals surface area contributed by atoms with Crippen LogP contribution < -0.4 is 5.43 Å². The molecule has 114 valence electrons. The number of halogens is 2. The lowest BCUT2D eigenvalue weighted by molar-refractivity contribution is -0.120. The third-order valence-electron chi connectivity index (χ3n) is 2.72. The van der Waals surface area contributed by atoms with E-state index < -0.39 is 0 Å². The molecular weight excluding hydrogens is 416 g/mol. The van der Waals surface area contributed by atoms with Gasteiger partial charge in [-0.2, -0.15) is 5.10 Å². The molecule has 0 unspecified atom stereocenters. The molecule has 3 N–H and O–H groups in total. The standard InChI is InChI=1S/C15H12Br2N2O3/c16-12-5-10(6-13(17)15(12)22)8-18-19-14(21)7-9-2-1-3-11(20)4-9/h1-6,8,20,22H,7H2,(H,19,21)/b18-8+. The maximum Gasteiger partial charge on any atom is 0.244 e. The van der Waals surface area contributed by atoms with Crippen molar-refractivity contribution in [2.75, 3.05) is 0 Å². The van der Waals surface area contributed by atoms with Gasteiger partial charge in [-0.3, -0.25) is 4.79 Å². The first-order valence-electron chi connectivity index (χ1n) is 6.23. The monoisotopic (exact) mass is 426 g/mol. The number of phenols is 2. The largest absolute Gasteiger partial charge is 0.508 e. The predicted molar refractivity (Wildman–Crippen MR) is 91.1 cm³/mol. The van der Waals surface area contributed by atoms with Gasteiger partial charge in [0, 0.05) is 0 Å². The van der Waals surface area contributed by atoms with Gasteiger partial charge in [-0.05, 0) is 67.3 Å². The molecule has 0 aliphatic rings. The van der Waals surface area contributed by atoms with Gasteiger partial charge in [-0.15, -0.1) is 0 Å². The van der Waals surface area contributed by atoms with Gasteiger partial charge in [-0.25, -0.2) is 5.43 Å². The van der Waals surface area contributed by atoms with E-state index in [9.17, 15) is 15.0 Å². The molecule has 0 saturated carbocycles. The van der Waals surface area contributed by atoms with Crippen molar-refractivity contribution in [2.45, 2.75) is 6.42 Å². The molecule has 22 heavy (non-hydrogen) atoms. The summed E-state index contributed by atoms with van der Waals surface area (Å²) in [5, 5.41) is 22.8. The molecule has 5 nitrogen and oxygen atoms in total. The van der Waals surface area contributed by atoms with Crippen LogP contribution in [0.3, 0.4) is 0 Å². The number of hydrogen-bond acceptors (Lipinski definition) is 4. The van der Waals surface area contributed by atoms with Crippen LogP contribution in [0.2, 0.25) is 0 Å². The summed E-state index contributed by atoms with van der Waals surface area (Å²) in [7, 11) is 0. The Morgan fingerprint density at radius 2 is 1.86 bits per heavy atom. The third-order valence-corrected chi connectivity index (χ3v) is 3.93. The number of rotatable bonds is 4. The summed E-state index contributed by atoms with van der Waals surface area (Å²) in [5.41, 5.74) is 3.81. The number of hydrogen-bond donors (Lipinski definition) is 3. The molecule has 1 amide bonds. The highest BCUT2D eigenvalue weighted by molar-refractivity contribution is 9.11. The van der Waals surface area contributed by atoms with Gasteiger partial charge >= 0.3 is 0 Å². The predicted octanol–water partition coefficient (Wildman–Crippen LogP) is 3.32. The van der Waals surface area contributed by atoms with E-state index in [4.69, 9.17) is 0 Å². The second kappa shape index (κ2) is 7.42. The van der Waals surface area contributed by atoms with Crippen molar-refractivity contribution in [3.8, 4) is 11.5 Å². The van der Waals surface area contributed by atoms with Crippen molar-refractivity contribution >= 4 is 44.0 Å². The van der Waals surface area contributed by atoms with Gasteiger partial charge in [0.15, 0.2) is 0 Å². The average Bonchev–Trinajstić information content (AvgIpc) is 2.44. The number of hydrazone groups is 1. The Labute approximate surface area is 143 Å². The lowest BCUT2D eigenvalue weighted by Crippen LogP contribution is -2.19.